The minimum absolute atomic E-state index is 0.120. The molecule has 1 rings (SSSR count). The number of hydrogen-bond acceptors (Lipinski definition) is 3. The molecule has 0 bridgehead atoms. The summed E-state index contributed by atoms with van der Waals surface area (Å²) in [5.74, 6) is -0.925. The summed E-state index contributed by atoms with van der Waals surface area (Å²) in [6.07, 6.45) is 1.24. The number of hydrogen-bond donors (Lipinski definition) is 1. The van der Waals surface area contributed by atoms with E-state index in [2.05, 4.69) is 9.97 Å². The van der Waals surface area contributed by atoms with Gasteiger partial charge >= 0.3 is 5.97 Å². The van der Waals surface area contributed by atoms with Gasteiger partial charge in [-0.05, 0) is 6.92 Å². The number of aryl methyl sites for hydroxylation is 1. The third-order valence-electron chi connectivity index (χ3n) is 1.27. The second-order valence-electron chi connectivity index (χ2n) is 2.31. The highest BCUT2D eigenvalue weighted by molar-refractivity contribution is 6.29. The van der Waals surface area contributed by atoms with Gasteiger partial charge in [0.25, 0.3) is 0 Å². The smallest absolute Gasteiger partial charge is 0.309 e. The Bertz CT molecular complexity index is 314. The van der Waals surface area contributed by atoms with Crippen LogP contribution >= 0.6 is 11.6 Å². The molecule has 5 heteroatoms. The first-order chi connectivity index (χ1) is 5.59. The molecule has 1 aromatic heterocycles. The number of nitrogens with zero attached hydrogens (tertiary/aromatic N) is 2. The molecule has 0 saturated carbocycles. The fraction of sp³-hybridized carbons (Fsp3) is 0.286. The van der Waals surface area contributed by atoms with E-state index in [1.807, 2.05) is 0 Å². The van der Waals surface area contributed by atoms with Gasteiger partial charge in [-0.1, -0.05) is 11.6 Å². The van der Waals surface area contributed by atoms with Crippen LogP contribution in [-0.4, -0.2) is 21.0 Å². The summed E-state index contributed by atoms with van der Waals surface area (Å²) in [4.78, 5) is 18.0. The number of aromatic nitrogens is 2. The topological polar surface area (TPSA) is 63.1 Å². The predicted molar refractivity (Wildman–Crippen MR) is 43.1 cm³/mol. The van der Waals surface area contributed by atoms with Crippen LogP contribution in [0.3, 0.4) is 0 Å². The van der Waals surface area contributed by atoms with E-state index in [-0.39, 0.29) is 6.42 Å². The molecule has 1 aromatic rings. The molecule has 0 aliphatic carbocycles. The number of carbonyl (C=O) groups is 1. The van der Waals surface area contributed by atoms with Gasteiger partial charge < -0.3 is 5.11 Å². The normalized spacial score (nSPS) is 9.83. The molecule has 64 valence electrons. The van der Waals surface area contributed by atoms with Crippen molar-refractivity contribution in [2.75, 3.05) is 0 Å². The zero-order valence-corrected chi connectivity index (χ0v) is 7.17. The molecule has 1 N–H and O–H groups in total. The van der Waals surface area contributed by atoms with Crippen molar-refractivity contribution in [3.63, 3.8) is 0 Å². The van der Waals surface area contributed by atoms with Crippen molar-refractivity contribution in [3.8, 4) is 0 Å². The summed E-state index contributed by atoms with van der Waals surface area (Å²) in [7, 11) is 0. The predicted octanol–water partition coefficient (Wildman–Crippen LogP) is 1.07. The molecule has 0 aliphatic heterocycles. The zero-order chi connectivity index (χ0) is 9.14. The second kappa shape index (κ2) is 3.49. The van der Waals surface area contributed by atoms with Crippen molar-refractivity contribution in [1.29, 1.82) is 0 Å². The zero-order valence-electron chi connectivity index (χ0n) is 6.41. The van der Waals surface area contributed by atoms with E-state index in [1.165, 1.54) is 6.20 Å². The average Bonchev–Trinajstić information content (AvgIpc) is 1.96. The van der Waals surface area contributed by atoms with E-state index >= 15 is 0 Å². The lowest BCUT2D eigenvalue weighted by atomic mass is 10.3. The molecule has 0 amide bonds. The SMILES string of the molecule is Cc1nc(CC(=O)O)cnc1Cl. The monoisotopic (exact) mass is 186 g/mol. The Balaban J connectivity index is 2.89. The van der Waals surface area contributed by atoms with E-state index in [1.54, 1.807) is 6.92 Å². The van der Waals surface area contributed by atoms with Gasteiger partial charge in [0, 0.05) is 0 Å². The van der Waals surface area contributed by atoms with Crippen molar-refractivity contribution >= 4 is 17.6 Å². The largest absolute Gasteiger partial charge is 0.481 e. The van der Waals surface area contributed by atoms with Gasteiger partial charge in [-0.25, -0.2) is 4.98 Å². The Kier molecular flexibility index (Phi) is 2.60. The van der Waals surface area contributed by atoms with Crippen LogP contribution in [-0.2, 0) is 11.2 Å². The lowest BCUT2D eigenvalue weighted by Crippen LogP contribution is -2.04. The van der Waals surface area contributed by atoms with Crippen LogP contribution in [0.4, 0.5) is 0 Å². The summed E-state index contributed by atoms with van der Waals surface area (Å²) in [5.41, 5.74) is 0.972. The van der Waals surface area contributed by atoms with Gasteiger partial charge in [-0.15, -0.1) is 0 Å². The number of carboxylic acid groups (broad SMARTS) is 1. The Hall–Kier alpha value is -1.16. The number of carboxylic acids is 1. The van der Waals surface area contributed by atoms with E-state index < -0.39 is 5.97 Å². The van der Waals surface area contributed by atoms with Gasteiger partial charge in [-0.3, -0.25) is 9.78 Å². The minimum atomic E-state index is -0.925. The third-order valence-corrected chi connectivity index (χ3v) is 1.64. The van der Waals surface area contributed by atoms with Crippen LogP contribution in [0.15, 0.2) is 6.20 Å². The maximum atomic E-state index is 10.3. The Morgan fingerprint density at radius 3 is 2.92 bits per heavy atom. The van der Waals surface area contributed by atoms with E-state index in [9.17, 15) is 4.79 Å². The Morgan fingerprint density at radius 1 is 1.75 bits per heavy atom. The summed E-state index contributed by atoms with van der Waals surface area (Å²) in [5, 5.41) is 8.74. The summed E-state index contributed by atoms with van der Waals surface area (Å²) in [6.45, 7) is 1.68. The fourth-order valence-corrected chi connectivity index (χ4v) is 0.846. The Labute approximate surface area is 74.2 Å². The molecule has 0 unspecified atom stereocenters. The molecule has 0 radical (unpaired) electrons. The maximum Gasteiger partial charge on any atom is 0.309 e. The number of aliphatic carboxylic acids is 1. The van der Waals surface area contributed by atoms with E-state index in [0.717, 1.165) is 0 Å². The maximum absolute atomic E-state index is 10.3. The van der Waals surface area contributed by atoms with Crippen LogP contribution in [0.1, 0.15) is 11.4 Å². The summed E-state index contributed by atoms with van der Waals surface area (Å²) in [6, 6.07) is 0. The second-order valence-corrected chi connectivity index (χ2v) is 2.67. The summed E-state index contributed by atoms with van der Waals surface area (Å²) >= 11 is 5.60. The molecular formula is C7H7ClN2O2. The molecule has 0 spiro atoms. The van der Waals surface area contributed by atoms with Gasteiger partial charge in [0.2, 0.25) is 0 Å². The summed E-state index contributed by atoms with van der Waals surface area (Å²) < 4.78 is 0. The minimum Gasteiger partial charge on any atom is -0.481 e. The highest BCUT2D eigenvalue weighted by Gasteiger charge is 2.04. The van der Waals surface area contributed by atoms with Crippen molar-refractivity contribution in [3.05, 3.63) is 22.7 Å². The quantitative estimate of drug-likeness (QED) is 0.751. The van der Waals surface area contributed by atoms with E-state index in [4.69, 9.17) is 16.7 Å². The molecule has 0 aliphatic rings. The standard InChI is InChI=1S/C7H7ClN2O2/c1-4-7(8)9-3-5(10-4)2-6(11)12/h3H,2H2,1H3,(H,11,12). The number of rotatable bonds is 2. The van der Waals surface area contributed by atoms with Crippen LogP contribution in [0.25, 0.3) is 0 Å². The average molecular weight is 187 g/mol. The molecule has 0 atom stereocenters. The Morgan fingerprint density at radius 2 is 2.42 bits per heavy atom. The first-order valence-corrected chi connectivity index (χ1v) is 3.67. The lowest BCUT2D eigenvalue weighted by molar-refractivity contribution is -0.136. The van der Waals surface area contributed by atoms with Gasteiger partial charge in [0.05, 0.1) is 24.0 Å². The van der Waals surface area contributed by atoms with Gasteiger partial charge in [-0.2, -0.15) is 0 Å². The molecule has 0 fully saturated rings. The van der Waals surface area contributed by atoms with Gasteiger partial charge in [0.15, 0.2) is 0 Å². The molecule has 0 aromatic carbocycles. The van der Waals surface area contributed by atoms with Crippen molar-refractivity contribution in [2.45, 2.75) is 13.3 Å². The molecule has 1 heterocycles. The van der Waals surface area contributed by atoms with Crippen molar-refractivity contribution in [1.82, 2.24) is 9.97 Å². The van der Waals surface area contributed by atoms with Crippen LogP contribution in [0.2, 0.25) is 5.15 Å². The van der Waals surface area contributed by atoms with Crippen LogP contribution in [0, 0.1) is 6.92 Å². The van der Waals surface area contributed by atoms with Crippen molar-refractivity contribution in [2.24, 2.45) is 0 Å². The van der Waals surface area contributed by atoms with Crippen molar-refractivity contribution < 1.29 is 9.90 Å². The third kappa shape index (κ3) is 2.17. The molecule has 0 saturated heterocycles. The van der Waals surface area contributed by atoms with E-state index in [0.29, 0.717) is 16.5 Å². The molecular weight excluding hydrogens is 180 g/mol. The molecule has 12 heavy (non-hydrogen) atoms. The first kappa shape index (κ1) is 8.93. The first-order valence-electron chi connectivity index (χ1n) is 3.29. The van der Waals surface area contributed by atoms with Crippen LogP contribution < -0.4 is 0 Å². The highest BCUT2D eigenvalue weighted by Crippen LogP contribution is 2.08. The highest BCUT2D eigenvalue weighted by atomic mass is 35.5. The lowest BCUT2D eigenvalue weighted by Gasteiger charge is -1.98. The van der Waals surface area contributed by atoms with Gasteiger partial charge in [0.1, 0.15) is 5.15 Å². The van der Waals surface area contributed by atoms with Crippen LogP contribution in [0.5, 0.6) is 0 Å². The molecule has 4 nitrogen and oxygen atoms in total. The fourth-order valence-electron chi connectivity index (χ4n) is 0.755. The number of halogens is 1.